The third-order valence-electron chi connectivity index (χ3n) is 2.51. The molecule has 4 nitrogen and oxygen atoms in total. The molecular formula is C13H11FN2O2S. The van der Waals surface area contributed by atoms with Gasteiger partial charge < -0.3 is 5.73 Å². The van der Waals surface area contributed by atoms with Gasteiger partial charge in [0.15, 0.2) is 0 Å². The molecular weight excluding hydrogens is 267 g/mol. The molecule has 0 fully saturated rings. The summed E-state index contributed by atoms with van der Waals surface area (Å²) in [6.07, 6.45) is 0. The van der Waals surface area contributed by atoms with Crippen molar-refractivity contribution in [3.05, 3.63) is 64.0 Å². The minimum Gasteiger partial charge on any atom is -0.399 e. The smallest absolute Gasteiger partial charge is 0.305 e. The Morgan fingerprint density at radius 1 is 1.26 bits per heavy atom. The molecule has 0 aliphatic rings. The van der Waals surface area contributed by atoms with Crippen LogP contribution in [-0.4, -0.2) is 4.92 Å². The summed E-state index contributed by atoms with van der Waals surface area (Å²) in [5, 5.41) is 10.6. The lowest BCUT2D eigenvalue weighted by atomic mass is 10.2. The summed E-state index contributed by atoms with van der Waals surface area (Å²) >= 11 is 1.38. The average Bonchev–Trinajstić information content (AvgIpc) is 2.37. The molecule has 2 N–H and O–H groups in total. The minimum absolute atomic E-state index is 0.307. The third-order valence-corrected chi connectivity index (χ3v) is 3.55. The third kappa shape index (κ3) is 3.23. The first-order valence-electron chi connectivity index (χ1n) is 5.48. The van der Waals surface area contributed by atoms with Gasteiger partial charge in [0.25, 0.3) is 0 Å². The van der Waals surface area contributed by atoms with Crippen molar-refractivity contribution in [3.63, 3.8) is 0 Å². The number of hydrogen-bond donors (Lipinski definition) is 1. The predicted molar refractivity (Wildman–Crippen MR) is 73.5 cm³/mol. The van der Waals surface area contributed by atoms with Gasteiger partial charge in [-0.3, -0.25) is 10.1 Å². The number of thioether (sulfide) groups is 1. The molecule has 0 heterocycles. The van der Waals surface area contributed by atoms with Crippen molar-refractivity contribution in [1.29, 1.82) is 0 Å². The van der Waals surface area contributed by atoms with E-state index in [-0.39, 0.29) is 0 Å². The summed E-state index contributed by atoms with van der Waals surface area (Å²) in [5.41, 5.74) is 6.09. The Hall–Kier alpha value is -2.08. The van der Waals surface area contributed by atoms with E-state index >= 15 is 0 Å². The number of halogens is 1. The van der Waals surface area contributed by atoms with Gasteiger partial charge in [0, 0.05) is 28.0 Å². The summed E-state index contributed by atoms with van der Waals surface area (Å²) in [7, 11) is 0. The molecule has 6 heteroatoms. The lowest BCUT2D eigenvalue weighted by molar-refractivity contribution is -0.387. The van der Waals surface area contributed by atoms with Crippen molar-refractivity contribution in [2.45, 2.75) is 10.6 Å². The first-order chi connectivity index (χ1) is 9.08. The minimum atomic E-state index is -0.774. The number of benzene rings is 2. The number of anilines is 1. The molecule has 2 rings (SSSR count). The first-order valence-corrected chi connectivity index (χ1v) is 6.46. The van der Waals surface area contributed by atoms with Crippen LogP contribution in [0.2, 0.25) is 0 Å². The second-order valence-electron chi connectivity index (χ2n) is 3.87. The summed E-state index contributed by atoms with van der Waals surface area (Å²) in [6.45, 7) is 0. The van der Waals surface area contributed by atoms with Gasteiger partial charge in [-0.05, 0) is 18.2 Å². The zero-order valence-corrected chi connectivity index (χ0v) is 10.7. The maximum Gasteiger partial charge on any atom is 0.305 e. The lowest BCUT2D eigenvalue weighted by Gasteiger charge is -2.04. The molecule has 2 aromatic rings. The van der Waals surface area contributed by atoms with Crippen LogP contribution in [0.4, 0.5) is 15.8 Å². The lowest BCUT2D eigenvalue weighted by Crippen LogP contribution is -1.96. The van der Waals surface area contributed by atoms with Gasteiger partial charge in [-0.15, -0.1) is 11.8 Å². The van der Waals surface area contributed by atoms with E-state index in [1.165, 1.54) is 17.8 Å². The van der Waals surface area contributed by atoms with Crippen molar-refractivity contribution < 1.29 is 9.31 Å². The Morgan fingerprint density at radius 2 is 2.00 bits per heavy atom. The highest BCUT2D eigenvalue weighted by molar-refractivity contribution is 7.98. The second-order valence-corrected chi connectivity index (χ2v) is 4.92. The van der Waals surface area contributed by atoms with Crippen LogP contribution in [0.1, 0.15) is 5.56 Å². The molecule has 0 saturated heterocycles. The maximum absolute atomic E-state index is 13.8. The number of rotatable bonds is 4. The van der Waals surface area contributed by atoms with Crippen LogP contribution in [0.5, 0.6) is 0 Å². The van der Waals surface area contributed by atoms with Crippen LogP contribution in [0, 0.1) is 15.9 Å². The molecule has 0 bridgehead atoms. The van der Waals surface area contributed by atoms with E-state index in [0.717, 1.165) is 11.0 Å². The van der Waals surface area contributed by atoms with Crippen molar-refractivity contribution in [1.82, 2.24) is 0 Å². The average molecular weight is 278 g/mol. The van der Waals surface area contributed by atoms with E-state index < -0.39 is 16.4 Å². The fourth-order valence-electron chi connectivity index (χ4n) is 1.58. The molecule has 19 heavy (non-hydrogen) atoms. The van der Waals surface area contributed by atoms with E-state index in [4.69, 9.17) is 5.73 Å². The fraction of sp³-hybridized carbons (Fsp3) is 0.0769. The number of nitro benzene ring substituents is 1. The second kappa shape index (κ2) is 5.71. The monoisotopic (exact) mass is 278 g/mol. The molecule has 0 amide bonds. The number of nitrogens with two attached hydrogens (primary N) is 1. The Morgan fingerprint density at radius 3 is 2.68 bits per heavy atom. The Kier molecular flexibility index (Phi) is 4.01. The summed E-state index contributed by atoms with van der Waals surface area (Å²) < 4.78 is 13.8. The standard InChI is InChI=1S/C13H11FN2O2S/c14-13-9(3-1-6-12(13)16(17)18)8-19-11-5-2-4-10(15)7-11/h1-7H,8,15H2. The molecule has 0 radical (unpaired) electrons. The van der Waals surface area contributed by atoms with Crippen LogP contribution in [0.25, 0.3) is 0 Å². The van der Waals surface area contributed by atoms with Crippen LogP contribution >= 0.6 is 11.8 Å². The SMILES string of the molecule is Nc1cccc(SCc2cccc([N+](=O)[O-])c2F)c1. The number of nitro groups is 1. The van der Waals surface area contributed by atoms with Gasteiger partial charge >= 0.3 is 5.69 Å². The van der Waals surface area contributed by atoms with Crippen LogP contribution in [-0.2, 0) is 5.75 Å². The maximum atomic E-state index is 13.8. The Labute approximate surface area is 113 Å². The zero-order valence-electron chi connectivity index (χ0n) is 9.88. The highest BCUT2D eigenvalue weighted by Crippen LogP contribution is 2.28. The summed E-state index contributed by atoms with van der Waals surface area (Å²) in [4.78, 5) is 10.8. The first kappa shape index (κ1) is 13.4. The molecule has 0 unspecified atom stereocenters. The number of hydrogen-bond acceptors (Lipinski definition) is 4. The Balaban J connectivity index is 2.16. The van der Waals surface area contributed by atoms with Crippen LogP contribution < -0.4 is 5.73 Å². The highest BCUT2D eigenvalue weighted by atomic mass is 32.2. The fourth-order valence-corrected chi connectivity index (χ4v) is 2.52. The molecule has 98 valence electrons. The van der Waals surface area contributed by atoms with Gasteiger partial charge in [-0.2, -0.15) is 4.39 Å². The quantitative estimate of drug-likeness (QED) is 0.401. The normalized spacial score (nSPS) is 10.4. The van der Waals surface area contributed by atoms with Gasteiger partial charge in [0.05, 0.1) is 4.92 Å². The van der Waals surface area contributed by atoms with E-state index in [2.05, 4.69) is 0 Å². The van der Waals surface area contributed by atoms with E-state index in [9.17, 15) is 14.5 Å². The largest absolute Gasteiger partial charge is 0.399 e. The molecule has 0 aliphatic heterocycles. The van der Waals surface area contributed by atoms with Crippen molar-refractivity contribution in [2.75, 3.05) is 5.73 Å². The molecule has 2 aromatic carbocycles. The highest BCUT2D eigenvalue weighted by Gasteiger charge is 2.16. The van der Waals surface area contributed by atoms with E-state index in [0.29, 0.717) is 17.0 Å². The van der Waals surface area contributed by atoms with Gasteiger partial charge in [0.1, 0.15) is 0 Å². The summed E-state index contributed by atoms with van der Waals surface area (Å²) in [5.74, 6) is -0.458. The molecule has 0 aromatic heterocycles. The van der Waals surface area contributed by atoms with Crippen molar-refractivity contribution in [2.24, 2.45) is 0 Å². The molecule has 0 atom stereocenters. The van der Waals surface area contributed by atoms with Gasteiger partial charge in [-0.25, -0.2) is 0 Å². The van der Waals surface area contributed by atoms with Crippen molar-refractivity contribution in [3.8, 4) is 0 Å². The van der Waals surface area contributed by atoms with Gasteiger partial charge in [0.2, 0.25) is 5.82 Å². The summed E-state index contributed by atoms with van der Waals surface area (Å²) in [6, 6.07) is 11.4. The van der Waals surface area contributed by atoms with E-state index in [1.807, 2.05) is 12.1 Å². The van der Waals surface area contributed by atoms with Crippen LogP contribution in [0.15, 0.2) is 47.4 Å². The number of nitrogens with zero attached hydrogens (tertiary/aromatic N) is 1. The topological polar surface area (TPSA) is 69.2 Å². The molecule has 0 aliphatic carbocycles. The number of nitrogen functional groups attached to an aromatic ring is 1. The van der Waals surface area contributed by atoms with E-state index in [1.54, 1.807) is 18.2 Å². The van der Waals surface area contributed by atoms with Gasteiger partial charge in [-0.1, -0.05) is 18.2 Å². The zero-order chi connectivity index (χ0) is 13.8. The predicted octanol–water partition coefficient (Wildman–Crippen LogP) is 3.61. The molecule has 0 spiro atoms. The Bertz CT molecular complexity index is 619. The van der Waals surface area contributed by atoms with Crippen LogP contribution in [0.3, 0.4) is 0 Å². The molecule has 0 saturated carbocycles. The van der Waals surface area contributed by atoms with Crippen molar-refractivity contribution >= 4 is 23.1 Å².